The first kappa shape index (κ1) is 8.38. The molecule has 1 radical (unpaired) electrons. The highest BCUT2D eigenvalue weighted by molar-refractivity contribution is 5.49. The molecule has 0 aliphatic carbocycles. The van der Waals surface area contributed by atoms with Crippen molar-refractivity contribution in [1.29, 1.82) is 0 Å². The third-order valence-corrected chi connectivity index (χ3v) is 1.20. The Morgan fingerprint density at radius 2 is 2.25 bits per heavy atom. The van der Waals surface area contributed by atoms with Crippen LogP contribution >= 0.6 is 0 Å². The van der Waals surface area contributed by atoms with Crippen molar-refractivity contribution in [3.8, 4) is 0 Å². The molecule has 6 heteroatoms. The fraction of sp³-hybridized carbons (Fsp3) is 0.167. The largest absolute Gasteiger partial charge is 0.328 e. The molecule has 1 N–H and O–H groups in total. The van der Waals surface area contributed by atoms with Crippen LogP contribution in [0.25, 0.3) is 0 Å². The van der Waals surface area contributed by atoms with Crippen molar-refractivity contribution in [3.05, 3.63) is 32.9 Å². The van der Waals surface area contributed by atoms with Gasteiger partial charge in [0.2, 0.25) is 12.1 Å². The van der Waals surface area contributed by atoms with Gasteiger partial charge in [-0.15, -0.1) is 0 Å². The summed E-state index contributed by atoms with van der Waals surface area (Å²) in [6.07, 6.45) is 2.05. The quantitative estimate of drug-likeness (QED) is 0.606. The molecule has 5 nitrogen and oxygen atoms in total. The minimum Gasteiger partial charge on any atom is -0.290 e. The second kappa shape index (κ2) is 3.12. The number of hydrogen-bond donors (Lipinski definition) is 1. The Morgan fingerprint density at radius 1 is 1.58 bits per heavy atom. The number of carbonyl (C=O) groups excluding carboxylic acids is 1. The van der Waals surface area contributed by atoms with Crippen molar-refractivity contribution in [1.82, 2.24) is 9.55 Å². The first-order chi connectivity index (χ1) is 5.65. The highest BCUT2D eigenvalue weighted by atomic mass is 19.1. The van der Waals surface area contributed by atoms with Crippen LogP contribution in [0.2, 0.25) is 0 Å². The van der Waals surface area contributed by atoms with Crippen LogP contribution in [0, 0.1) is 5.82 Å². The Bertz CT molecular complexity index is 406. The topological polar surface area (TPSA) is 71.9 Å². The van der Waals surface area contributed by atoms with Crippen LogP contribution in [0.3, 0.4) is 0 Å². The number of H-pyrrole nitrogens is 1. The van der Waals surface area contributed by atoms with E-state index in [4.69, 9.17) is 0 Å². The molecule has 0 atom stereocenters. The number of rotatable bonds is 2. The maximum Gasteiger partial charge on any atom is 0.328 e. The Morgan fingerprint density at radius 3 is 2.83 bits per heavy atom. The first-order valence-electron chi connectivity index (χ1n) is 2.99. The zero-order valence-corrected chi connectivity index (χ0v) is 5.83. The molecule has 63 valence electrons. The molecule has 0 unspecified atom stereocenters. The van der Waals surface area contributed by atoms with Gasteiger partial charge in [0, 0.05) is 0 Å². The maximum absolute atomic E-state index is 12.4. The summed E-state index contributed by atoms with van der Waals surface area (Å²) in [6, 6.07) is 0. The number of halogens is 1. The van der Waals surface area contributed by atoms with E-state index in [2.05, 4.69) is 0 Å². The molecule has 0 bridgehead atoms. The average Bonchev–Trinajstić information content (AvgIpc) is 2.01. The first-order valence-corrected chi connectivity index (χ1v) is 2.99. The lowest BCUT2D eigenvalue weighted by molar-refractivity contribution is 0.532. The molecule has 1 aromatic rings. The lowest BCUT2D eigenvalue weighted by Crippen LogP contribution is -2.31. The van der Waals surface area contributed by atoms with Gasteiger partial charge in [0.15, 0.2) is 0 Å². The van der Waals surface area contributed by atoms with E-state index < -0.39 is 23.6 Å². The zero-order chi connectivity index (χ0) is 9.14. The summed E-state index contributed by atoms with van der Waals surface area (Å²) in [5.74, 6) is -1.11. The van der Waals surface area contributed by atoms with Crippen LogP contribution in [-0.2, 0) is 11.3 Å². The van der Waals surface area contributed by atoms with Crippen LogP contribution < -0.4 is 11.2 Å². The highest BCUT2D eigenvalue weighted by Gasteiger charge is 2.01. The predicted octanol–water partition coefficient (Wildman–Crippen LogP) is -1.21. The second-order valence-electron chi connectivity index (χ2n) is 2.01. The van der Waals surface area contributed by atoms with Crippen LogP contribution in [0.15, 0.2) is 15.8 Å². The third-order valence-electron chi connectivity index (χ3n) is 1.20. The van der Waals surface area contributed by atoms with Crippen LogP contribution in [0.1, 0.15) is 0 Å². The normalized spacial score (nSPS) is 9.75. The zero-order valence-electron chi connectivity index (χ0n) is 5.83. The Balaban J connectivity index is 3.32. The molecule has 0 aliphatic heterocycles. The number of hydrogen-bond acceptors (Lipinski definition) is 3. The van der Waals surface area contributed by atoms with Gasteiger partial charge < -0.3 is 0 Å². The molecule has 0 saturated heterocycles. The molecule has 0 amide bonds. The summed E-state index contributed by atoms with van der Waals surface area (Å²) in [5.41, 5.74) is -1.92. The van der Waals surface area contributed by atoms with Crippen molar-refractivity contribution in [2.45, 2.75) is 6.54 Å². The van der Waals surface area contributed by atoms with Crippen LogP contribution in [0.4, 0.5) is 4.39 Å². The fourth-order valence-corrected chi connectivity index (χ4v) is 0.670. The van der Waals surface area contributed by atoms with Gasteiger partial charge in [0.25, 0.3) is 5.56 Å². The lowest BCUT2D eigenvalue weighted by atomic mass is 10.6. The van der Waals surface area contributed by atoms with Gasteiger partial charge in [-0.05, 0) is 0 Å². The lowest BCUT2D eigenvalue weighted by Gasteiger charge is -1.96. The van der Waals surface area contributed by atoms with Gasteiger partial charge in [-0.3, -0.25) is 19.1 Å². The smallest absolute Gasteiger partial charge is 0.290 e. The summed E-state index contributed by atoms with van der Waals surface area (Å²) >= 11 is 0. The molecule has 0 fully saturated rings. The third kappa shape index (κ3) is 1.47. The predicted molar refractivity (Wildman–Crippen MR) is 37.0 cm³/mol. The summed E-state index contributed by atoms with van der Waals surface area (Å²) in [7, 11) is 0. The van der Waals surface area contributed by atoms with Gasteiger partial charge in [0.05, 0.1) is 12.7 Å². The van der Waals surface area contributed by atoms with Gasteiger partial charge in [0.1, 0.15) is 0 Å². The molecule has 1 rings (SSSR count). The molecule has 0 aromatic carbocycles. The number of nitrogens with one attached hydrogen (secondary N) is 1. The van der Waals surface area contributed by atoms with E-state index in [1.54, 1.807) is 4.98 Å². The molecular weight excluding hydrogens is 167 g/mol. The monoisotopic (exact) mass is 171 g/mol. The molecule has 0 aliphatic rings. The summed E-state index contributed by atoms with van der Waals surface area (Å²) in [4.78, 5) is 32.7. The van der Waals surface area contributed by atoms with Gasteiger partial charge in [-0.2, -0.15) is 4.39 Å². The average molecular weight is 171 g/mol. The summed E-state index contributed by atoms with van der Waals surface area (Å²) in [5, 5.41) is 0. The van der Waals surface area contributed by atoms with E-state index in [9.17, 15) is 18.8 Å². The molecule has 1 aromatic heterocycles. The van der Waals surface area contributed by atoms with Crippen molar-refractivity contribution >= 4 is 6.29 Å². The van der Waals surface area contributed by atoms with Crippen molar-refractivity contribution < 1.29 is 9.18 Å². The van der Waals surface area contributed by atoms with Gasteiger partial charge >= 0.3 is 5.69 Å². The minimum absolute atomic E-state index is 0.396. The van der Waals surface area contributed by atoms with E-state index in [0.29, 0.717) is 10.8 Å². The Hall–Kier alpha value is -1.72. The molecule has 0 spiro atoms. The molecular formula is C6H4FN2O3. The SMILES string of the molecule is O=[C]Cn1cc(F)c(=O)[nH]c1=O. The van der Waals surface area contributed by atoms with Crippen LogP contribution in [-0.4, -0.2) is 15.8 Å². The van der Waals surface area contributed by atoms with Gasteiger partial charge in [-0.1, -0.05) is 0 Å². The van der Waals surface area contributed by atoms with Crippen molar-refractivity contribution in [2.24, 2.45) is 0 Å². The number of aromatic nitrogens is 2. The molecule has 1 heterocycles. The second-order valence-corrected chi connectivity index (χ2v) is 2.01. The van der Waals surface area contributed by atoms with E-state index in [1.165, 1.54) is 6.29 Å². The van der Waals surface area contributed by atoms with Gasteiger partial charge in [-0.25, -0.2) is 4.79 Å². The fourth-order valence-electron chi connectivity index (χ4n) is 0.670. The number of aromatic amines is 1. The standard InChI is InChI=1S/C6H4FN2O3/c7-4-3-9(1-2-10)6(12)8-5(4)11/h3H,1H2,(H,8,11,12). The van der Waals surface area contributed by atoms with E-state index >= 15 is 0 Å². The van der Waals surface area contributed by atoms with E-state index in [0.717, 1.165) is 0 Å². The van der Waals surface area contributed by atoms with Crippen molar-refractivity contribution in [3.63, 3.8) is 0 Å². The summed E-state index contributed by atoms with van der Waals surface area (Å²) < 4.78 is 13.2. The molecule has 12 heavy (non-hydrogen) atoms. The van der Waals surface area contributed by atoms with Crippen molar-refractivity contribution in [2.75, 3.05) is 0 Å². The summed E-state index contributed by atoms with van der Waals surface area (Å²) in [6.45, 7) is -0.396. The Kier molecular flexibility index (Phi) is 2.18. The maximum atomic E-state index is 12.4. The van der Waals surface area contributed by atoms with Crippen LogP contribution in [0.5, 0.6) is 0 Å². The van der Waals surface area contributed by atoms with E-state index in [1.807, 2.05) is 0 Å². The Labute approximate surface area is 65.5 Å². The molecule has 0 saturated carbocycles. The number of nitrogens with zero attached hydrogens (tertiary/aromatic N) is 1. The minimum atomic E-state index is -1.11. The van der Waals surface area contributed by atoms with E-state index in [-0.39, 0.29) is 0 Å². The highest BCUT2D eigenvalue weighted by Crippen LogP contribution is 1.81.